The van der Waals surface area contributed by atoms with E-state index in [-0.39, 0.29) is 13.2 Å². The van der Waals surface area contributed by atoms with Crippen LogP contribution in [-0.2, 0) is 9.47 Å². The monoisotopic (exact) mass is 267 g/mol. The lowest BCUT2D eigenvalue weighted by Gasteiger charge is -2.19. The molecule has 0 aliphatic carbocycles. The molecule has 1 aromatic heterocycles. The van der Waals surface area contributed by atoms with Crippen molar-refractivity contribution in [2.75, 3.05) is 13.2 Å². The van der Waals surface area contributed by atoms with Crippen molar-refractivity contribution >= 4 is 12.2 Å². The highest BCUT2D eigenvalue weighted by atomic mass is 16.6. The molecule has 0 aromatic carbocycles. The maximum atomic E-state index is 11.4. The van der Waals surface area contributed by atoms with Crippen molar-refractivity contribution in [3.05, 3.63) is 30.1 Å². The second-order valence-electron chi connectivity index (χ2n) is 3.45. The van der Waals surface area contributed by atoms with Crippen molar-refractivity contribution in [3.63, 3.8) is 0 Å². The van der Waals surface area contributed by atoms with Crippen LogP contribution in [0, 0.1) is 0 Å². The number of alkyl carbamates (subject to hydrolysis) is 2. The van der Waals surface area contributed by atoms with Crippen LogP contribution in [0.5, 0.6) is 0 Å². The first-order valence-corrected chi connectivity index (χ1v) is 5.93. The van der Waals surface area contributed by atoms with Gasteiger partial charge in [-0.1, -0.05) is 6.07 Å². The first-order valence-electron chi connectivity index (χ1n) is 5.93. The number of rotatable bonds is 5. The zero-order valence-electron chi connectivity index (χ0n) is 10.9. The lowest BCUT2D eigenvalue weighted by atomic mass is 10.2. The molecule has 7 heteroatoms. The third kappa shape index (κ3) is 5.24. The fourth-order valence-corrected chi connectivity index (χ4v) is 1.33. The molecule has 0 fully saturated rings. The first kappa shape index (κ1) is 14.7. The Morgan fingerprint density at radius 3 is 2.21 bits per heavy atom. The molecule has 0 atom stereocenters. The summed E-state index contributed by atoms with van der Waals surface area (Å²) in [5.41, 5.74) is 0.614. The Balaban J connectivity index is 2.73. The normalized spacial score (nSPS) is 9.84. The van der Waals surface area contributed by atoms with Crippen molar-refractivity contribution in [1.82, 2.24) is 15.6 Å². The first-order chi connectivity index (χ1) is 9.17. The smallest absolute Gasteiger partial charge is 0.409 e. The van der Waals surface area contributed by atoms with E-state index in [0.29, 0.717) is 5.56 Å². The molecule has 7 nitrogen and oxygen atoms in total. The number of carbonyl (C=O) groups excluding carboxylic acids is 2. The summed E-state index contributed by atoms with van der Waals surface area (Å²) in [7, 11) is 0. The highest BCUT2D eigenvalue weighted by Crippen LogP contribution is 2.08. The Hall–Kier alpha value is -2.31. The van der Waals surface area contributed by atoms with Gasteiger partial charge in [0, 0.05) is 18.0 Å². The molecular weight excluding hydrogens is 250 g/mol. The average molecular weight is 267 g/mol. The number of hydrogen-bond acceptors (Lipinski definition) is 5. The van der Waals surface area contributed by atoms with Crippen LogP contribution >= 0.6 is 0 Å². The summed E-state index contributed by atoms with van der Waals surface area (Å²) in [6.45, 7) is 3.87. The van der Waals surface area contributed by atoms with Crippen LogP contribution < -0.4 is 10.6 Å². The summed E-state index contributed by atoms with van der Waals surface area (Å²) in [6, 6.07) is 3.41. The van der Waals surface area contributed by atoms with Gasteiger partial charge in [0.15, 0.2) is 0 Å². The van der Waals surface area contributed by atoms with Crippen LogP contribution in [0.15, 0.2) is 24.5 Å². The second-order valence-corrected chi connectivity index (χ2v) is 3.45. The van der Waals surface area contributed by atoms with Gasteiger partial charge in [-0.2, -0.15) is 0 Å². The van der Waals surface area contributed by atoms with Crippen molar-refractivity contribution in [3.8, 4) is 0 Å². The largest absolute Gasteiger partial charge is 0.450 e. The zero-order chi connectivity index (χ0) is 14.1. The number of pyridine rings is 1. The molecule has 19 heavy (non-hydrogen) atoms. The minimum Gasteiger partial charge on any atom is -0.450 e. The van der Waals surface area contributed by atoms with E-state index >= 15 is 0 Å². The quantitative estimate of drug-likeness (QED) is 0.790. The van der Waals surface area contributed by atoms with E-state index in [1.807, 2.05) is 0 Å². The van der Waals surface area contributed by atoms with Gasteiger partial charge < -0.3 is 9.47 Å². The second kappa shape index (κ2) is 7.91. The topological polar surface area (TPSA) is 89.6 Å². The Kier molecular flexibility index (Phi) is 6.14. The summed E-state index contributed by atoms with van der Waals surface area (Å²) in [5, 5.41) is 5.02. The van der Waals surface area contributed by atoms with E-state index < -0.39 is 18.4 Å². The molecule has 0 aliphatic heterocycles. The summed E-state index contributed by atoms with van der Waals surface area (Å²) in [4.78, 5) is 26.8. The molecule has 0 unspecified atom stereocenters. The SMILES string of the molecule is CCOC(=O)NC(NC(=O)OCC)c1cccnc1. The number of amides is 2. The number of nitrogens with zero attached hydrogens (tertiary/aromatic N) is 1. The standard InChI is InChI=1S/C12H17N3O4/c1-3-18-11(16)14-10(15-12(17)19-4-2)9-6-5-7-13-8-9/h5-8,10H,3-4H2,1-2H3,(H,14,16)(H,15,17). The number of hydrogen-bond donors (Lipinski definition) is 2. The van der Waals surface area contributed by atoms with Gasteiger partial charge in [0.1, 0.15) is 6.17 Å². The van der Waals surface area contributed by atoms with Crippen molar-refractivity contribution in [1.29, 1.82) is 0 Å². The van der Waals surface area contributed by atoms with Crippen LogP contribution in [0.25, 0.3) is 0 Å². The highest BCUT2D eigenvalue weighted by molar-refractivity contribution is 5.71. The fourth-order valence-electron chi connectivity index (χ4n) is 1.33. The molecule has 1 aromatic rings. The fraction of sp³-hybridized carbons (Fsp3) is 0.417. The van der Waals surface area contributed by atoms with Crippen LogP contribution in [0.4, 0.5) is 9.59 Å². The Bertz CT molecular complexity index is 391. The molecule has 2 amide bonds. The van der Waals surface area contributed by atoms with Gasteiger partial charge >= 0.3 is 12.2 Å². The number of ether oxygens (including phenoxy) is 2. The van der Waals surface area contributed by atoms with Gasteiger partial charge in [0.05, 0.1) is 13.2 Å². The number of nitrogens with one attached hydrogen (secondary N) is 2. The van der Waals surface area contributed by atoms with Crippen LogP contribution in [0.2, 0.25) is 0 Å². The van der Waals surface area contributed by atoms with E-state index in [9.17, 15) is 9.59 Å². The Labute approximate surface area is 111 Å². The molecular formula is C12H17N3O4. The van der Waals surface area contributed by atoms with Crippen LogP contribution in [-0.4, -0.2) is 30.4 Å². The Morgan fingerprint density at radius 2 is 1.79 bits per heavy atom. The van der Waals surface area contributed by atoms with Gasteiger partial charge in [0.25, 0.3) is 0 Å². The molecule has 0 radical (unpaired) electrons. The van der Waals surface area contributed by atoms with Gasteiger partial charge in [-0.15, -0.1) is 0 Å². The van der Waals surface area contributed by atoms with E-state index in [4.69, 9.17) is 9.47 Å². The molecule has 0 saturated carbocycles. The molecule has 104 valence electrons. The molecule has 2 N–H and O–H groups in total. The molecule has 1 heterocycles. The minimum atomic E-state index is -0.758. The van der Waals surface area contributed by atoms with Gasteiger partial charge in [-0.05, 0) is 19.9 Å². The predicted octanol–water partition coefficient (Wildman–Crippen LogP) is 1.57. The van der Waals surface area contributed by atoms with Crippen molar-refractivity contribution in [2.24, 2.45) is 0 Å². The average Bonchev–Trinajstić information content (AvgIpc) is 2.39. The van der Waals surface area contributed by atoms with E-state index in [1.165, 1.54) is 6.20 Å². The lowest BCUT2D eigenvalue weighted by Crippen LogP contribution is -2.41. The third-order valence-corrected chi connectivity index (χ3v) is 2.09. The predicted molar refractivity (Wildman–Crippen MR) is 67.3 cm³/mol. The number of aromatic nitrogens is 1. The van der Waals surface area contributed by atoms with E-state index in [1.54, 1.807) is 32.2 Å². The maximum Gasteiger partial charge on any atom is 0.409 e. The van der Waals surface area contributed by atoms with Crippen LogP contribution in [0.3, 0.4) is 0 Å². The maximum absolute atomic E-state index is 11.4. The lowest BCUT2D eigenvalue weighted by molar-refractivity contribution is 0.135. The van der Waals surface area contributed by atoms with Gasteiger partial charge in [0.2, 0.25) is 0 Å². The molecule has 1 rings (SSSR count). The summed E-state index contributed by atoms with van der Waals surface area (Å²) in [5.74, 6) is 0. The summed E-state index contributed by atoms with van der Waals surface area (Å²) >= 11 is 0. The molecule has 0 spiro atoms. The van der Waals surface area contributed by atoms with Crippen molar-refractivity contribution < 1.29 is 19.1 Å². The third-order valence-electron chi connectivity index (χ3n) is 2.09. The highest BCUT2D eigenvalue weighted by Gasteiger charge is 2.18. The minimum absolute atomic E-state index is 0.241. The number of carbonyl (C=O) groups is 2. The van der Waals surface area contributed by atoms with E-state index in [2.05, 4.69) is 15.6 Å². The van der Waals surface area contributed by atoms with Crippen LogP contribution in [0.1, 0.15) is 25.6 Å². The molecule has 0 bridgehead atoms. The zero-order valence-corrected chi connectivity index (χ0v) is 10.9. The summed E-state index contributed by atoms with van der Waals surface area (Å²) in [6.07, 6.45) is 1.10. The van der Waals surface area contributed by atoms with Gasteiger partial charge in [-0.3, -0.25) is 15.6 Å². The van der Waals surface area contributed by atoms with E-state index in [0.717, 1.165) is 0 Å². The Morgan fingerprint density at radius 1 is 1.21 bits per heavy atom. The van der Waals surface area contributed by atoms with Crippen molar-refractivity contribution in [2.45, 2.75) is 20.0 Å². The molecule has 0 saturated heterocycles. The summed E-state index contributed by atoms with van der Waals surface area (Å²) < 4.78 is 9.55. The molecule has 0 aliphatic rings. The van der Waals surface area contributed by atoms with Gasteiger partial charge in [-0.25, -0.2) is 9.59 Å².